The predicted octanol–water partition coefficient (Wildman–Crippen LogP) is 3.78. The molecule has 4 heteroatoms. The Morgan fingerprint density at radius 1 is 0.880 bits per heavy atom. The van der Waals surface area contributed by atoms with Crippen molar-refractivity contribution in [1.82, 2.24) is 0 Å². The zero-order valence-electron chi connectivity index (χ0n) is 13.7. The van der Waals surface area contributed by atoms with Crippen molar-refractivity contribution in [3.05, 3.63) is 101 Å². The smallest absolute Gasteiger partial charge is 0.287 e. The highest BCUT2D eigenvalue weighted by molar-refractivity contribution is 6.30. The molecule has 0 bridgehead atoms. The molecule has 126 valence electrons. The maximum absolute atomic E-state index is 12.8. The summed E-state index contributed by atoms with van der Waals surface area (Å²) >= 11 is 5.91. The van der Waals surface area contributed by atoms with Crippen LogP contribution < -0.4 is 10.6 Å². The summed E-state index contributed by atoms with van der Waals surface area (Å²) in [4.78, 5) is 12.8. The Morgan fingerprint density at radius 3 is 2.12 bits per heavy atom. The van der Waals surface area contributed by atoms with E-state index in [1.54, 1.807) is 24.3 Å². The summed E-state index contributed by atoms with van der Waals surface area (Å²) in [5.41, 5.74) is 2.90. The Bertz CT molecular complexity index is 804. The van der Waals surface area contributed by atoms with E-state index in [1.807, 2.05) is 48.5 Å². The van der Waals surface area contributed by atoms with Gasteiger partial charge in [-0.1, -0.05) is 72.3 Å². The number of hydrogen-bond acceptors (Lipinski definition) is 1. The van der Waals surface area contributed by atoms with Gasteiger partial charge in [0.1, 0.15) is 6.54 Å². The molecule has 0 unspecified atom stereocenters. The largest absolute Gasteiger partial charge is 0.328 e. The lowest BCUT2D eigenvalue weighted by atomic mass is 10.1. The van der Waals surface area contributed by atoms with Crippen LogP contribution in [0.3, 0.4) is 0 Å². The fraction of sp³-hybridized carbons (Fsp3) is 0.0952. The molecule has 0 spiro atoms. The number of rotatable bonds is 6. The van der Waals surface area contributed by atoms with Crippen molar-refractivity contribution < 1.29 is 10.1 Å². The number of amides is 1. The Balaban J connectivity index is 1.75. The van der Waals surface area contributed by atoms with E-state index in [0.29, 0.717) is 5.02 Å². The molecule has 3 rings (SSSR count). The van der Waals surface area contributed by atoms with Gasteiger partial charge in [-0.25, -0.2) is 0 Å². The van der Waals surface area contributed by atoms with E-state index in [1.165, 1.54) is 5.56 Å². The third kappa shape index (κ3) is 4.92. The molecule has 0 aromatic heterocycles. The highest BCUT2D eigenvalue weighted by Gasteiger charge is 2.24. The number of hydrogen-bond donors (Lipinski definition) is 2. The highest BCUT2D eigenvalue weighted by atomic mass is 35.5. The summed E-state index contributed by atoms with van der Waals surface area (Å²) in [7, 11) is 0. The number of halogens is 1. The van der Waals surface area contributed by atoms with Gasteiger partial charge in [0.05, 0.1) is 0 Å². The van der Waals surface area contributed by atoms with Crippen LogP contribution in [0, 0.1) is 0 Å². The second-order valence-corrected chi connectivity index (χ2v) is 6.25. The fourth-order valence-corrected chi connectivity index (χ4v) is 2.80. The monoisotopic (exact) mass is 351 g/mol. The first-order valence-electron chi connectivity index (χ1n) is 8.21. The molecule has 1 atom stereocenters. The number of quaternary nitrogens is 1. The second-order valence-electron chi connectivity index (χ2n) is 5.81. The predicted molar refractivity (Wildman–Crippen MR) is 101 cm³/mol. The average Bonchev–Trinajstić information content (AvgIpc) is 2.65. The zero-order chi connectivity index (χ0) is 17.5. The molecule has 0 saturated carbocycles. The third-order valence-electron chi connectivity index (χ3n) is 3.98. The van der Waals surface area contributed by atoms with Crippen molar-refractivity contribution in [2.24, 2.45) is 0 Å². The van der Waals surface area contributed by atoms with E-state index < -0.39 is 0 Å². The van der Waals surface area contributed by atoms with E-state index >= 15 is 0 Å². The van der Waals surface area contributed by atoms with Crippen LogP contribution in [0.4, 0.5) is 5.69 Å². The molecule has 0 heterocycles. The third-order valence-corrected chi connectivity index (χ3v) is 4.24. The summed E-state index contributed by atoms with van der Waals surface area (Å²) in [6.45, 7) is 0.731. The van der Waals surface area contributed by atoms with Crippen molar-refractivity contribution >= 4 is 23.2 Å². The van der Waals surface area contributed by atoms with Gasteiger partial charge >= 0.3 is 0 Å². The maximum atomic E-state index is 12.8. The quantitative estimate of drug-likeness (QED) is 0.697. The van der Waals surface area contributed by atoms with Crippen LogP contribution in [0.25, 0.3) is 0 Å². The van der Waals surface area contributed by atoms with E-state index in [2.05, 4.69) is 22.8 Å². The number of nitrogens with two attached hydrogens (primary N) is 1. The molecule has 1 amide bonds. The zero-order valence-corrected chi connectivity index (χ0v) is 14.5. The molecular formula is C21H20ClN2O+. The minimum atomic E-state index is -0.322. The van der Waals surface area contributed by atoms with Crippen LogP contribution in [0.15, 0.2) is 84.9 Å². The van der Waals surface area contributed by atoms with Crippen LogP contribution in [0.1, 0.15) is 17.2 Å². The van der Waals surface area contributed by atoms with Gasteiger partial charge in [-0.05, 0) is 24.3 Å². The summed E-state index contributed by atoms with van der Waals surface area (Å²) in [5.74, 6) is -0.0514. The van der Waals surface area contributed by atoms with Gasteiger partial charge in [0.2, 0.25) is 0 Å². The lowest BCUT2D eigenvalue weighted by molar-refractivity contribution is -0.697. The van der Waals surface area contributed by atoms with Crippen LogP contribution in [-0.2, 0) is 11.3 Å². The minimum Gasteiger partial charge on any atom is -0.328 e. The first kappa shape index (κ1) is 17.2. The Hall–Kier alpha value is -2.62. The summed E-state index contributed by atoms with van der Waals surface area (Å²) in [5, 5.41) is 5.67. The van der Waals surface area contributed by atoms with E-state index in [9.17, 15) is 4.79 Å². The molecule has 25 heavy (non-hydrogen) atoms. The molecule has 0 saturated heterocycles. The molecule has 0 aliphatic rings. The van der Waals surface area contributed by atoms with E-state index in [4.69, 9.17) is 11.6 Å². The van der Waals surface area contributed by atoms with Gasteiger partial charge in [-0.2, -0.15) is 0 Å². The van der Waals surface area contributed by atoms with Crippen LogP contribution >= 0.6 is 11.6 Å². The number of benzene rings is 3. The molecule has 0 radical (unpaired) electrons. The lowest BCUT2D eigenvalue weighted by Gasteiger charge is -2.16. The van der Waals surface area contributed by atoms with E-state index in [-0.39, 0.29) is 11.9 Å². The molecule has 3 N–H and O–H groups in total. The van der Waals surface area contributed by atoms with Crippen molar-refractivity contribution in [3.63, 3.8) is 0 Å². The number of anilines is 1. The highest BCUT2D eigenvalue weighted by Crippen LogP contribution is 2.16. The molecule has 3 aromatic rings. The van der Waals surface area contributed by atoms with Crippen LogP contribution in [0.2, 0.25) is 5.02 Å². The molecule has 0 aliphatic carbocycles. The number of nitrogens with one attached hydrogen (secondary N) is 1. The maximum Gasteiger partial charge on any atom is 0.287 e. The minimum absolute atomic E-state index is 0.0514. The molecular weight excluding hydrogens is 332 g/mol. The van der Waals surface area contributed by atoms with Crippen molar-refractivity contribution in [2.75, 3.05) is 5.32 Å². The molecule has 3 nitrogen and oxygen atoms in total. The first-order chi connectivity index (χ1) is 12.2. The van der Waals surface area contributed by atoms with Crippen molar-refractivity contribution in [3.8, 4) is 0 Å². The average molecular weight is 352 g/mol. The van der Waals surface area contributed by atoms with Gasteiger partial charge in [-0.3, -0.25) is 4.79 Å². The Morgan fingerprint density at radius 2 is 1.48 bits per heavy atom. The second kappa shape index (κ2) is 8.47. The Kier molecular flexibility index (Phi) is 5.83. The van der Waals surface area contributed by atoms with Gasteiger partial charge in [0, 0.05) is 21.8 Å². The SMILES string of the molecule is O=C(Nc1ccc(Cl)cc1)[C@H]([NH2+]Cc1ccccc1)c1ccccc1. The normalized spacial score (nSPS) is 11.7. The topological polar surface area (TPSA) is 45.7 Å². The number of carbonyl (C=O) groups excluding carboxylic acids is 1. The number of carbonyl (C=O) groups is 1. The van der Waals surface area contributed by atoms with Gasteiger partial charge in [0.15, 0.2) is 6.04 Å². The summed E-state index contributed by atoms with van der Waals surface area (Å²) < 4.78 is 0. The van der Waals surface area contributed by atoms with Crippen molar-refractivity contribution in [1.29, 1.82) is 0 Å². The van der Waals surface area contributed by atoms with Gasteiger partial charge in [0.25, 0.3) is 5.91 Å². The van der Waals surface area contributed by atoms with E-state index in [0.717, 1.165) is 17.8 Å². The molecule has 0 fully saturated rings. The summed E-state index contributed by atoms with van der Waals surface area (Å²) in [6.07, 6.45) is 0. The standard InChI is InChI=1S/C21H19ClN2O/c22-18-11-13-19(14-12-18)24-21(25)20(17-9-5-2-6-10-17)23-15-16-7-3-1-4-8-16/h1-14,20,23H,15H2,(H,24,25)/p+1/t20-/m1/s1. The summed E-state index contributed by atoms with van der Waals surface area (Å²) in [6, 6.07) is 26.8. The fourth-order valence-electron chi connectivity index (χ4n) is 2.68. The lowest BCUT2D eigenvalue weighted by Crippen LogP contribution is -2.85. The van der Waals surface area contributed by atoms with Crippen molar-refractivity contribution in [2.45, 2.75) is 12.6 Å². The van der Waals surface area contributed by atoms with Gasteiger partial charge < -0.3 is 10.6 Å². The van der Waals surface area contributed by atoms with Crippen LogP contribution in [-0.4, -0.2) is 5.91 Å². The van der Waals surface area contributed by atoms with Crippen LogP contribution in [0.5, 0.6) is 0 Å². The first-order valence-corrected chi connectivity index (χ1v) is 8.59. The molecule has 3 aromatic carbocycles. The molecule has 0 aliphatic heterocycles. The Labute approximate surface area is 152 Å². The van der Waals surface area contributed by atoms with Gasteiger partial charge in [-0.15, -0.1) is 0 Å².